The van der Waals surface area contributed by atoms with E-state index in [1.54, 1.807) is 0 Å². The third-order valence-corrected chi connectivity index (χ3v) is 10.6. The molecule has 0 aromatic heterocycles. The first-order valence-corrected chi connectivity index (χ1v) is 18.8. The summed E-state index contributed by atoms with van der Waals surface area (Å²) in [5.74, 6) is -2.27. The SMILES string of the molecule is C#CCCC[C@@H]1OC(=O)CNC(=O)[C@H](Cc2ccccc2)N(C)C(=O)[C@@H]2CCCN2C(=O)[C@@H]([C@@H](C)CC)N(C)C(=O)[C@H](C)NC(=O)[C@@H](C)OC(=O)C1(C)C. The Kier molecular flexibility index (Phi) is 15.6. The lowest BCUT2D eigenvalue weighted by Crippen LogP contribution is -2.60. The molecule has 1 aromatic carbocycles. The molecule has 3 rings (SSSR count). The van der Waals surface area contributed by atoms with Crippen LogP contribution < -0.4 is 10.6 Å². The Morgan fingerprint density at radius 1 is 0.944 bits per heavy atom. The van der Waals surface area contributed by atoms with Gasteiger partial charge in [-0.3, -0.25) is 33.6 Å². The molecule has 296 valence electrons. The Morgan fingerprint density at radius 2 is 1.61 bits per heavy atom. The number of carbonyl (C=O) groups excluding carboxylic acids is 7. The van der Waals surface area contributed by atoms with Crippen LogP contribution in [0.25, 0.3) is 0 Å². The number of unbranched alkanes of at least 4 members (excludes halogenated alkanes) is 1. The second-order valence-corrected chi connectivity index (χ2v) is 14.9. The van der Waals surface area contributed by atoms with Crippen LogP contribution in [0, 0.1) is 23.7 Å². The van der Waals surface area contributed by atoms with Crippen molar-refractivity contribution in [1.82, 2.24) is 25.3 Å². The summed E-state index contributed by atoms with van der Waals surface area (Å²) in [6.45, 7) is 9.30. The van der Waals surface area contributed by atoms with E-state index in [-0.39, 0.29) is 25.3 Å². The van der Waals surface area contributed by atoms with Crippen molar-refractivity contribution in [3.05, 3.63) is 35.9 Å². The van der Waals surface area contributed by atoms with Crippen molar-refractivity contribution in [2.24, 2.45) is 11.3 Å². The molecule has 2 heterocycles. The van der Waals surface area contributed by atoms with Crippen LogP contribution in [-0.2, 0) is 49.5 Å². The molecule has 0 bridgehead atoms. The minimum Gasteiger partial charge on any atom is -0.460 e. The molecular weight excluding hydrogens is 694 g/mol. The molecule has 0 spiro atoms. The van der Waals surface area contributed by atoms with Crippen LogP contribution in [0.5, 0.6) is 0 Å². The van der Waals surface area contributed by atoms with Crippen LogP contribution in [0.4, 0.5) is 0 Å². The van der Waals surface area contributed by atoms with E-state index in [0.717, 1.165) is 5.56 Å². The highest BCUT2D eigenvalue weighted by molar-refractivity contribution is 5.96. The second-order valence-electron chi connectivity index (χ2n) is 14.9. The van der Waals surface area contributed by atoms with Crippen LogP contribution in [0.3, 0.4) is 0 Å². The zero-order valence-electron chi connectivity index (χ0n) is 32.9. The summed E-state index contributed by atoms with van der Waals surface area (Å²) in [4.78, 5) is 100. The minimum absolute atomic E-state index is 0.118. The fraction of sp³-hybridized carbons (Fsp3) is 0.625. The standard InChI is InChI=1S/C40H57N5O9/c1-10-12-14-21-31-40(6,7)39(52)53-27(5)34(47)42-26(4)36(49)44(9)33(25(3)11-2)38(51)45-22-17-20-29(45)37(50)43(8)30(23-28-18-15-13-16-19-28)35(48)41-24-32(46)54-31/h1,13,15-16,18-19,25-27,29-31,33H,11-12,14,17,20-24H2,2-9H3,(H,41,48)(H,42,47)/t25-,26-,27+,29-,30-,31-,33+/m0/s1. The van der Waals surface area contributed by atoms with E-state index < -0.39 is 89.8 Å². The van der Waals surface area contributed by atoms with E-state index in [4.69, 9.17) is 15.9 Å². The predicted octanol–water partition coefficient (Wildman–Crippen LogP) is 2.23. The molecule has 7 atom stereocenters. The largest absolute Gasteiger partial charge is 0.460 e. The molecule has 0 saturated carbocycles. The summed E-state index contributed by atoms with van der Waals surface area (Å²) >= 11 is 0. The molecular formula is C40H57N5O9. The number of terminal acetylenes is 1. The third-order valence-electron chi connectivity index (χ3n) is 10.6. The summed E-state index contributed by atoms with van der Waals surface area (Å²) in [6, 6.07) is 5.06. The summed E-state index contributed by atoms with van der Waals surface area (Å²) in [5.41, 5.74) is -0.692. The summed E-state index contributed by atoms with van der Waals surface area (Å²) in [6.07, 6.45) is 5.55. The van der Waals surface area contributed by atoms with E-state index >= 15 is 0 Å². The summed E-state index contributed by atoms with van der Waals surface area (Å²) in [5, 5.41) is 5.21. The third kappa shape index (κ3) is 10.6. The lowest BCUT2D eigenvalue weighted by atomic mass is 9.83. The summed E-state index contributed by atoms with van der Waals surface area (Å²) < 4.78 is 11.3. The van der Waals surface area contributed by atoms with Gasteiger partial charge in [0.15, 0.2) is 6.10 Å². The Bertz CT molecular complexity index is 1570. The Labute approximate surface area is 319 Å². The zero-order chi connectivity index (χ0) is 40.3. The van der Waals surface area contributed by atoms with Gasteiger partial charge in [-0.05, 0) is 64.9 Å². The Morgan fingerprint density at radius 3 is 2.24 bits per heavy atom. The van der Waals surface area contributed by atoms with Gasteiger partial charge in [-0.1, -0.05) is 50.6 Å². The minimum atomic E-state index is -1.46. The Balaban J connectivity index is 2.07. The number of likely N-dealkylation sites (N-methyl/N-ethyl adjacent to an activating group) is 2. The number of carbonyl (C=O) groups is 7. The van der Waals surface area contributed by atoms with Crippen LogP contribution >= 0.6 is 0 Å². The van der Waals surface area contributed by atoms with Crippen molar-refractivity contribution in [2.75, 3.05) is 27.2 Å². The van der Waals surface area contributed by atoms with Crippen molar-refractivity contribution in [2.45, 2.75) is 123 Å². The molecule has 2 saturated heterocycles. The normalized spacial score (nSPS) is 27.4. The second kappa shape index (κ2) is 19.4. The molecule has 0 unspecified atom stereocenters. The van der Waals surface area contributed by atoms with Gasteiger partial charge in [-0.15, -0.1) is 12.3 Å². The number of benzene rings is 1. The number of ether oxygens (including phenoxy) is 2. The molecule has 2 fully saturated rings. The smallest absolute Gasteiger partial charge is 0.325 e. The predicted molar refractivity (Wildman–Crippen MR) is 200 cm³/mol. The van der Waals surface area contributed by atoms with Crippen molar-refractivity contribution in [3.63, 3.8) is 0 Å². The molecule has 2 aliphatic heterocycles. The molecule has 1 aromatic rings. The van der Waals surface area contributed by atoms with Crippen LogP contribution in [0.1, 0.15) is 85.6 Å². The van der Waals surface area contributed by atoms with Gasteiger partial charge >= 0.3 is 11.9 Å². The zero-order valence-corrected chi connectivity index (χ0v) is 32.9. The highest BCUT2D eigenvalue weighted by Crippen LogP contribution is 2.30. The van der Waals surface area contributed by atoms with Crippen molar-refractivity contribution in [3.8, 4) is 12.3 Å². The highest BCUT2D eigenvalue weighted by atomic mass is 16.6. The molecule has 0 radical (unpaired) electrons. The molecule has 0 aliphatic carbocycles. The van der Waals surface area contributed by atoms with Gasteiger partial charge in [0.25, 0.3) is 5.91 Å². The number of fused-ring (bicyclic) bond motifs is 1. The van der Waals surface area contributed by atoms with E-state index in [1.165, 1.54) is 56.5 Å². The van der Waals surface area contributed by atoms with Gasteiger partial charge in [0.1, 0.15) is 36.8 Å². The van der Waals surface area contributed by atoms with Gasteiger partial charge < -0.3 is 34.8 Å². The van der Waals surface area contributed by atoms with Gasteiger partial charge in [0, 0.05) is 33.5 Å². The van der Waals surface area contributed by atoms with Crippen LogP contribution in [0.2, 0.25) is 0 Å². The molecule has 2 aliphatic rings. The quantitative estimate of drug-likeness (QED) is 0.241. The van der Waals surface area contributed by atoms with E-state index in [2.05, 4.69) is 16.6 Å². The number of cyclic esters (lactones) is 2. The molecule has 5 amide bonds. The van der Waals surface area contributed by atoms with Crippen LogP contribution in [-0.4, -0.2) is 120 Å². The maximum Gasteiger partial charge on any atom is 0.325 e. The van der Waals surface area contributed by atoms with Crippen molar-refractivity contribution < 1.29 is 43.0 Å². The fourth-order valence-corrected chi connectivity index (χ4v) is 6.87. The topological polar surface area (TPSA) is 172 Å². The first-order valence-electron chi connectivity index (χ1n) is 18.8. The lowest BCUT2D eigenvalue weighted by Gasteiger charge is -2.38. The Hall–Kier alpha value is -4.93. The average molecular weight is 752 g/mol. The van der Waals surface area contributed by atoms with Gasteiger partial charge in [-0.2, -0.15) is 0 Å². The molecule has 14 nitrogen and oxygen atoms in total. The fourth-order valence-electron chi connectivity index (χ4n) is 6.87. The van der Waals surface area contributed by atoms with Gasteiger partial charge in [0.05, 0.1) is 5.41 Å². The van der Waals surface area contributed by atoms with Crippen LogP contribution in [0.15, 0.2) is 30.3 Å². The first kappa shape index (κ1) is 43.5. The van der Waals surface area contributed by atoms with E-state index in [1.807, 2.05) is 44.2 Å². The van der Waals surface area contributed by atoms with Crippen molar-refractivity contribution in [1.29, 1.82) is 0 Å². The number of amides is 5. The van der Waals surface area contributed by atoms with E-state index in [9.17, 15) is 33.6 Å². The van der Waals surface area contributed by atoms with E-state index in [0.29, 0.717) is 32.1 Å². The van der Waals surface area contributed by atoms with Gasteiger partial charge in [0.2, 0.25) is 23.6 Å². The number of esters is 2. The number of nitrogens with zero attached hydrogens (tertiary/aromatic N) is 3. The molecule has 14 heteroatoms. The van der Waals surface area contributed by atoms with Crippen molar-refractivity contribution >= 4 is 41.5 Å². The number of rotatable bonds is 7. The monoisotopic (exact) mass is 751 g/mol. The molecule has 54 heavy (non-hydrogen) atoms. The summed E-state index contributed by atoms with van der Waals surface area (Å²) in [7, 11) is 2.99. The maximum atomic E-state index is 14.4. The van der Waals surface area contributed by atoms with Gasteiger partial charge in [-0.25, -0.2) is 0 Å². The average Bonchev–Trinajstić information content (AvgIpc) is 3.64. The maximum absolute atomic E-state index is 14.4. The number of hydrogen-bond acceptors (Lipinski definition) is 9. The highest BCUT2D eigenvalue weighted by Gasteiger charge is 2.45. The molecule has 2 N–H and O–H groups in total. The number of nitrogens with one attached hydrogen (secondary N) is 2. The lowest BCUT2D eigenvalue weighted by molar-refractivity contribution is -0.176. The number of hydrogen-bond donors (Lipinski definition) is 2. The first-order chi connectivity index (χ1) is 25.5.